The summed E-state index contributed by atoms with van der Waals surface area (Å²) in [5, 5.41) is 0. The van der Waals surface area contributed by atoms with Gasteiger partial charge in [-0.2, -0.15) is 0 Å². The van der Waals surface area contributed by atoms with Crippen molar-refractivity contribution < 1.29 is 9.53 Å². The number of esters is 1. The second kappa shape index (κ2) is 4.23. The van der Waals surface area contributed by atoms with Gasteiger partial charge in [-0.1, -0.05) is 0 Å². The standard InChI is InChI=1S/C8H9IO2S/c1-3-11-8(10)7-5(2)4-6(9)12-7/h4H,3H2,1-2H3. The number of halogens is 1. The van der Waals surface area contributed by atoms with Crippen LogP contribution in [-0.2, 0) is 4.74 Å². The maximum atomic E-state index is 11.3. The number of hydrogen-bond acceptors (Lipinski definition) is 3. The lowest BCUT2D eigenvalue weighted by atomic mass is 10.3. The fourth-order valence-electron chi connectivity index (χ4n) is 0.843. The third-order valence-electron chi connectivity index (χ3n) is 1.35. The molecule has 1 aromatic heterocycles. The first-order valence-corrected chi connectivity index (χ1v) is 5.47. The first-order chi connectivity index (χ1) is 5.65. The van der Waals surface area contributed by atoms with E-state index in [2.05, 4.69) is 22.6 Å². The zero-order valence-corrected chi connectivity index (χ0v) is 9.86. The summed E-state index contributed by atoms with van der Waals surface area (Å²) in [5.41, 5.74) is 1.00. The van der Waals surface area contributed by atoms with Crippen LogP contribution in [0.3, 0.4) is 0 Å². The van der Waals surface area contributed by atoms with Crippen LogP contribution in [0.15, 0.2) is 6.07 Å². The van der Waals surface area contributed by atoms with Gasteiger partial charge in [0, 0.05) is 0 Å². The first-order valence-electron chi connectivity index (χ1n) is 3.58. The molecular weight excluding hydrogens is 287 g/mol. The predicted octanol–water partition coefficient (Wildman–Crippen LogP) is 2.84. The monoisotopic (exact) mass is 296 g/mol. The van der Waals surface area contributed by atoms with E-state index in [1.54, 1.807) is 0 Å². The van der Waals surface area contributed by atoms with E-state index in [1.807, 2.05) is 19.9 Å². The van der Waals surface area contributed by atoms with E-state index in [4.69, 9.17) is 4.74 Å². The molecule has 0 unspecified atom stereocenters. The van der Waals surface area contributed by atoms with Crippen molar-refractivity contribution in [1.29, 1.82) is 0 Å². The average Bonchev–Trinajstić information content (AvgIpc) is 2.30. The highest BCUT2D eigenvalue weighted by molar-refractivity contribution is 14.1. The van der Waals surface area contributed by atoms with Crippen LogP contribution in [-0.4, -0.2) is 12.6 Å². The van der Waals surface area contributed by atoms with Gasteiger partial charge in [-0.25, -0.2) is 4.79 Å². The second-order valence-electron chi connectivity index (χ2n) is 2.28. The summed E-state index contributed by atoms with van der Waals surface area (Å²) in [6.45, 7) is 4.17. The topological polar surface area (TPSA) is 26.3 Å². The maximum Gasteiger partial charge on any atom is 0.348 e. The van der Waals surface area contributed by atoms with Gasteiger partial charge in [0.15, 0.2) is 0 Å². The number of thiophene rings is 1. The van der Waals surface area contributed by atoms with Crippen LogP contribution < -0.4 is 0 Å². The Balaban J connectivity index is 2.87. The summed E-state index contributed by atoms with van der Waals surface area (Å²) >= 11 is 3.67. The molecular formula is C8H9IO2S. The summed E-state index contributed by atoms with van der Waals surface area (Å²) in [7, 11) is 0. The molecule has 66 valence electrons. The molecule has 0 spiro atoms. The molecule has 0 fully saturated rings. The normalized spacial score (nSPS) is 9.92. The summed E-state index contributed by atoms with van der Waals surface area (Å²) in [4.78, 5) is 12.0. The Morgan fingerprint density at radius 2 is 2.42 bits per heavy atom. The fourth-order valence-corrected chi connectivity index (χ4v) is 2.76. The van der Waals surface area contributed by atoms with Gasteiger partial charge in [0.05, 0.1) is 9.49 Å². The lowest BCUT2D eigenvalue weighted by Crippen LogP contribution is -2.03. The van der Waals surface area contributed by atoms with Gasteiger partial charge in [0.1, 0.15) is 4.88 Å². The van der Waals surface area contributed by atoms with Crippen molar-refractivity contribution in [2.75, 3.05) is 6.61 Å². The molecule has 0 aromatic carbocycles. The molecule has 12 heavy (non-hydrogen) atoms. The molecule has 0 N–H and O–H groups in total. The number of carbonyl (C=O) groups is 1. The van der Waals surface area contributed by atoms with Gasteiger partial charge in [0.2, 0.25) is 0 Å². The van der Waals surface area contributed by atoms with E-state index >= 15 is 0 Å². The zero-order chi connectivity index (χ0) is 9.14. The lowest BCUT2D eigenvalue weighted by Gasteiger charge is -1.98. The quantitative estimate of drug-likeness (QED) is 0.619. The molecule has 0 bridgehead atoms. The van der Waals surface area contributed by atoms with Crippen molar-refractivity contribution in [2.45, 2.75) is 13.8 Å². The van der Waals surface area contributed by atoms with E-state index in [-0.39, 0.29) is 5.97 Å². The zero-order valence-electron chi connectivity index (χ0n) is 6.89. The van der Waals surface area contributed by atoms with E-state index in [0.29, 0.717) is 6.61 Å². The molecule has 2 nitrogen and oxygen atoms in total. The summed E-state index contributed by atoms with van der Waals surface area (Å²) in [5.74, 6) is -0.206. The highest BCUT2D eigenvalue weighted by Gasteiger charge is 2.12. The van der Waals surface area contributed by atoms with Crippen LogP contribution in [0.25, 0.3) is 0 Å². The number of hydrogen-bond donors (Lipinski definition) is 0. The average molecular weight is 296 g/mol. The van der Waals surface area contributed by atoms with Crippen LogP contribution >= 0.6 is 33.9 Å². The van der Waals surface area contributed by atoms with Crippen molar-refractivity contribution >= 4 is 39.9 Å². The molecule has 0 aliphatic heterocycles. The summed E-state index contributed by atoms with van der Waals surface area (Å²) in [6, 6.07) is 1.98. The van der Waals surface area contributed by atoms with E-state index in [1.165, 1.54) is 11.3 Å². The Morgan fingerprint density at radius 3 is 2.83 bits per heavy atom. The van der Waals surface area contributed by atoms with Crippen molar-refractivity contribution in [3.63, 3.8) is 0 Å². The minimum absolute atomic E-state index is 0.206. The highest BCUT2D eigenvalue weighted by atomic mass is 127. The van der Waals surface area contributed by atoms with Crippen molar-refractivity contribution in [3.8, 4) is 0 Å². The maximum absolute atomic E-state index is 11.3. The number of aryl methyl sites for hydroxylation is 1. The van der Waals surface area contributed by atoms with Gasteiger partial charge >= 0.3 is 5.97 Å². The molecule has 0 saturated heterocycles. The second-order valence-corrected chi connectivity index (χ2v) is 5.23. The molecule has 1 aromatic rings. The van der Waals surface area contributed by atoms with Gasteiger partial charge in [-0.05, 0) is 48.1 Å². The van der Waals surface area contributed by atoms with Crippen molar-refractivity contribution in [2.24, 2.45) is 0 Å². The Morgan fingerprint density at radius 1 is 1.75 bits per heavy atom. The van der Waals surface area contributed by atoms with Gasteiger partial charge in [-0.3, -0.25) is 0 Å². The van der Waals surface area contributed by atoms with Gasteiger partial charge in [0.25, 0.3) is 0 Å². The summed E-state index contributed by atoms with van der Waals surface area (Å²) in [6.07, 6.45) is 0. The minimum Gasteiger partial charge on any atom is -0.462 e. The lowest BCUT2D eigenvalue weighted by molar-refractivity contribution is 0.0531. The predicted molar refractivity (Wildman–Crippen MR) is 57.7 cm³/mol. The molecule has 1 rings (SSSR count). The fraction of sp³-hybridized carbons (Fsp3) is 0.375. The number of carbonyl (C=O) groups excluding carboxylic acids is 1. The first kappa shape index (κ1) is 9.98. The van der Waals surface area contributed by atoms with Crippen LogP contribution in [0.2, 0.25) is 0 Å². The Bertz CT molecular complexity index is 293. The van der Waals surface area contributed by atoms with Gasteiger partial charge in [-0.15, -0.1) is 11.3 Å². The van der Waals surface area contributed by atoms with Crippen molar-refractivity contribution in [1.82, 2.24) is 0 Å². The Labute approximate surface area is 89.1 Å². The Hall–Kier alpha value is -0.100. The number of ether oxygens (including phenoxy) is 1. The van der Waals surface area contributed by atoms with Crippen LogP contribution in [0.1, 0.15) is 22.2 Å². The van der Waals surface area contributed by atoms with Crippen LogP contribution in [0.5, 0.6) is 0 Å². The van der Waals surface area contributed by atoms with Gasteiger partial charge < -0.3 is 4.74 Å². The molecule has 0 aliphatic rings. The SMILES string of the molecule is CCOC(=O)c1sc(I)cc1C. The molecule has 0 saturated carbocycles. The van der Waals surface area contributed by atoms with E-state index in [0.717, 1.165) is 13.3 Å². The third-order valence-corrected chi connectivity index (χ3v) is 3.33. The largest absolute Gasteiger partial charge is 0.462 e. The summed E-state index contributed by atoms with van der Waals surface area (Å²) < 4.78 is 6.01. The smallest absolute Gasteiger partial charge is 0.348 e. The van der Waals surface area contributed by atoms with Crippen LogP contribution in [0, 0.1) is 9.81 Å². The molecule has 1 heterocycles. The molecule has 0 aliphatic carbocycles. The van der Waals surface area contributed by atoms with Crippen molar-refractivity contribution in [3.05, 3.63) is 19.4 Å². The minimum atomic E-state index is -0.206. The molecule has 0 radical (unpaired) electrons. The number of rotatable bonds is 2. The third kappa shape index (κ3) is 2.20. The van der Waals surface area contributed by atoms with E-state index < -0.39 is 0 Å². The Kier molecular flexibility index (Phi) is 3.52. The molecule has 0 amide bonds. The highest BCUT2D eigenvalue weighted by Crippen LogP contribution is 2.23. The van der Waals surface area contributed by atoms with Crippen LogP contribution in [0.4, 0.5) is 0 Å². The van der Waals surface area contributed by atoms with E-state index in [9.17, 15) is 4.79 Å². The molecule has 0 atom stereocenters. The molecule has 4 heteroatoms.